The van der Waals surface area contributed by atoms with Gasteiger partial charge in [-0.15, -0.1) is 0 Å². The molecule has 0 aromatic rings. The summed E-state index contributed by atoms with van der Waals surface area (Å²) in [5.74, 6) is 0.461. The number of methoxy groups -OCH3 is 1. The van der Waals surface area contributed by atoms with Crippen molar-refractivity contribution in [2.75, 3.05) is 33.4 Å². The van der Waals surface area contributed by atoms with Crippen LogP contribution in [0.2, 0.25) is 0 Å². The summed E-state index contributed by atoms with van der Waals surface area (Å²) in [6, 6.07) is 0.201. The Hall–Kier alpha value is -0.610. The molecule has 0 fully saturated rings. The molecule has 1 unspecified atom stereocenters. The number of carbonyl (C=O) groups excluding carboxylic acids is 1. The van der Waals surface area contributed by atoms with E-state index in [0.717, 1.165) is 13.1 Å². The van der Waals surface area contributed by atoms with E-state index in [-0.39, 0.29) is 12.0 Å². The third-order valence-corrected chi connectivity index (χ3v) is 2.57. The molecule has 0 rings (SSSR count). The molecule has 4 heteroatoms. The molecule has 0 bridgehead atoms. The molecule has 0 amide bonds. The first kappa shape index (κ1) is 16.4. The lowest BCUT2D eigenvalue weighted by Gasteiger charge is -2.29. The Kier molecular flexibility index (Phi) is 9.09. The van der Waals surface area contributed by atoms with Crippen molar-refractivity contribution >= 4 is 5.97 Å². The maximum atomic E-state index is 11.4. The number of hydrogen-bond acceptors (Lipinski definition) is 4. The Morgan fingerprint density at radius 3 is 2.41 bits per heavy atom. The Morgan fingerprint density at radius 2 is 1.94 bits per heavy atom. The van der Waals surface area contributed by atoms with E-state index in [4.69, 9.17) is 9.47 Å². The molecule has 0 saturated heterocycles. The van der Waals surface area contributed by atoms with Gasteiger partial charge < -0.3 is 9.47 Å². The highest BCUT2D eigenvalue weighted by Crippen LogP contribution is 2.08. The first-order valence-electron chi connectivity index (χ1n) is 6.39. The highest BCUT2D eigenvalue weighted by Gasteiger charge is 2.18. The summed E-state index contributed by atoms with van der Waals surface area (Å²) in [5, 5.41) is 0. The van der Waals surface area contributed by atoms with Crippen LogP contribution >= 0.6 is 0 Å². The highest BCUT2D eigenvalue weighted by atomic mass is 16.5. The Bertz CT molecular complexity index is 207. The molecule has 4 nitrogen and oxygen atoms in total. The average Bonchev–Trinajstić information content (AvgIpc) is 2.23. The van der Waals surface area contributed by atoms with Gasteiger partial charge in [0, 0.05) is 26.2 Å². The number of rotatable bonds is 9. The number of esters is 1. The van der Waals surface area contributed by atoms with Gasteiger partial charge in [0.25, 0.3) is 0 Å². The second-order valence-corrected chi connectivity index (χ2v) is 4.74. The van der Waals surface area contributed by atoms with Crippen LogP contribution in [0, 0.1) is 5.92 Å². The zero-order chi connectivity index (χ0) is 13.3. The number of ether oxygens (including phenoxy) is 2. The summed E-state index contributed by atoms with van der Waals surface area (Å²) in [7, 11) is 1.70. The van der Waals surface area contributed by atoms with Crippen molar-refractivity contribution in [2.24, 2.45) is 5.92 Å². The summed E-state index contributed by atoms with van der Waals surface area (Å²) >= 11 is 0. The maximum absolute atomic E-state index is 11.4. The Balaban J connectivity index is 4.19. The van der Waals surface area contributed by atoms with Gasteiger partial charge in [-0.25, -0.2) is 0 Å². The van der Waals surface area contributed by atoms with Gasteiger partial charge in [-0.05, 0) is 19.8 Å². The zero-order valence-electron chi connectivity index (χ0n) is 11.9. The van der Waals surface area contributed by atoms with E-state index in [1.807, 2.05) is 6.92 Å². The van der Waals surface area contributed by atoms with Crippen LogP contribution < -0.4 is 0 Å². The number of nitrogens with zero attached hydrogens (tertiary/aromatic N) is 1. The molecule has 17 heavy (non-hydrogen) atoms. The van der Waals surface area contributed by atoms with Crippen molar-refractivity contribution in [3.8, 4) is 0 Å². The van der Waals surface area contributed by atoms with E-state index in [0.29, 0.717) is 25.6 Å². The molecular formula is C13H27NO3. The summed E-state index contributed by atoms with van der Waals surface area (Å²) in [5.41, 5.74) is 0. The lowest BCUT2D eigenvalue weighted by Crippen LogP contribution is -2.39. The maximum Gasteiger partial charge on any atom is 0.307 e. The van der Waals surface area contributed by atoms with Crippen molar-refractivity contribution in [1.82, 2.24) is 4.90 Å². The molecule has 1 atom stereocenters. The minimum Gasteiger partial charge on any atom is -0.466 e. The van der Waals surface area contributed by atoms with Crippen molar-refractivity contribution < 1.29 is 14.3 Å². The molecule has 0 aliphatic heterocycles. The molecule has 0 aliphatic rings. The fraction of sp³-hybridized carbons (Fsp3) is 0.923. The van der Waals surface area contributed by atoms with Gasteiger partial charge >= 0.3 is 5.97 Å². The molecule has 0 radical (unpaired) electrons. The third-order valence-electron chi connectivity index (χ3n) is 2.57. The third kappa shape index (κ3) is 8.16. The number of carbonyl (C=O) groups is 1. The second-order valence-electron chi connectivity index (χ2n) is 4.74. The molecule has 0 N–H and O–H groups in total. The summed E-state index contributed by atoms with van der Waals surface area (Å²) in [6.07, 6.45) is 0.449. The van der Waals surface area contributed by atoms with Gasteiger partial charge in [0.15, 0.2) is 0 Å². The van der Waals surface area contributed by atoms with Crippen LogP contribution in [0.25, 0.3) is 0 Å². The minimum absolute atomic E-state index is 0.119. The van der Waals surface area contributed by atoms with Gasteiger partial charge in [-0.2, -0.15) is 0 Å². The van der Waals surface area contributed by atoms with Crippen molar-refractivity contribution in [3.63, 3.8) is 0 Å². The molecule has 0 aromatic carbocycles. The average molecular weight is 245 g/mol. The van der Waals surface area contributed by atoms with Crippen LogP contribution in [0.4, 0.5) is 0 Å². The van der Waals surface area contributed by atoms with Gasteiger partial charge in [-0.3, -0.25) is 9.69 Å². The molecule has 0 saturated carbocycles. The van der Waals surface area contributed by atoms with E-state index in [9.17, 15) is 4.79 Å². The topological polar surface area (TPSA) is 38.8 Å². The Morgan fingerprint density at radius 1 is 1.29 bits per heavy atom. The van der Waals surface area contributed by atoms with E-state index in [1.54, 1.807) is 7.11 Å². The predicted molar refractivity (Wildman–Crippen MR) is 69.0 cm³/mol. The SMILES string of the molecule is CCOC(=O)CC(C)N(CCOC)CC(C)C. The molecule has 0 aromatic heterocycles. The molecule has 0 aliphatic carbocycles. The standard InChI is InChI=1S/C13H27NO3/c1-6-17-13(15)9-12(4)14(7-8-16-5)10-11(2)3/h11-12H,6-10H2,1-5H3. The van der Waals surface area contributed by atoms with Crippen LogP contribution in [0.5, 0.6) is 0 Å². The summed E-state index contributed by atoms with van der Waals surface area (Å²) < 4.78 is 10.1. The molecular weight excluding hydrogens is 218 g/mol. The van der Waals surface area contributed by atoms with Crippen molar-refractivity contribution in [3.05, 3.63) is 0 Å². The van der Waals surface area contributed by atoms with E-state index >= 15 is 0 Å². The van der Waals surface area contributed by atoms with Crippen LogP contribution in [-0.4, -0.2) is 50.3 Å². The van der Waals surface area contributed by atoms with Crippen LogP contribution in [-0.2, 0) is 14.3 Å². The minimum atomic E-state index is -0.119. The van der Waals surface area contributed by atoms with E-state index in [1.165, 1.54) is 0 Å². The van der Waals surface area contributed by atoms with Gasteiger partial charge in [0.1, 0.15) is 0 Å². The smallest absolute Gasteiger partial charge is 0.307 e. The van der Waals surface area contributed by atoms with Gasteiger partial charge in [0.2, 0.25) is 0 Å². The molecule has 102 valence electrons. The number of hydrogen-bond donors (Lipinski definition) is 0. The first-order chi connectivity index (χ1) is 8.01. The lowest BCUT2D eigenvalue weighted by atomic mass is 10.1. The first-order valence-corrected chi connectivity index (χ1v) is 6.39. The second kappa shape index (κ2) is 9.42. The van der Waals surface area contributed by atoms with Crippen molar-refractivity contribution in [1.29, 1.82) is 0 Å². The van der Waals surface area contributed by atoms with Crippen LogP contribution in [0.15, 0.2) is 0 Å². The van der Waals surface area contributed by atoms with Crippen LogP contribution in [0.1, 0.15) is 34.1 Å². The predicted octanol–water partition coefficient (Wildman–Crippen LogP) is 1.93. The fourth-order valence-corrected chi connectivity index (χ4v) is 1.76. The Labute approximate surface area is 105 Å². The fourth-order valence-electron chi connectivity index (χ4n) is 1.76. The zero-order valence-corrected chi connectivity index (χ0v) is 11.9. The van der Waals surface area contributed by atoms with E-state index < -0.39 is 0 Å². The molecule has 0 spiro atoms. The molecule has 0 heterocycles. The lowest BCUT2D eigenvalue weighted by molar-refractivity contribution is -0.144. The van der Waals surface area contributed by atoms with Crippen LogP contribution in [0.3, 0.4) is 0 Å². The van der Waals surface area contributed by atoms with Gasteiger partial charge in [0.05, 0.1) is 19.6 Å². The van der Waals surface area contributed by atoms with Crippen molar-refractivity contribution in [2.45, 2.75) is 40.2 Å². The summed E-state index contributed by atoms with van der Waals surface area (Å²) in [6.45, 7) is 11.2. The van der Waals surface area contributed by atoms with Gasteiger partial charge in [-0.1, -0.05) is 13.8 Å². The quantitative estimate of drug-likeness (QED) is 0.582. The normalized spacial score (nSPS) is 13.1. The monoisotopic (exact) mass is 245 g/mol. The summed E-state index contributed by atoms with van der Waals surface area (Å²) in [4.78, 5) is 13.7. The van der Waals surface area contributed by atoms with E-state index in [2.05, 4.69) is 25.7 Å². The highest BCUT2D eigenvalue weighted by molar-refractivity contribution is 5.70. The largest absolute Gasteiger partial charge is 0.466 e.